The molecular formula is C52H64F3N9O12S2. The molecule has 5 heterocycles. The molecule has 4 aliphatic rings. The fourth-order valence-corrected chi connectivity index (χ4v) is 11.0. The number of nitrogens with zero attached hydrogens (tertiary/aromatic N) is 3. The van der Waals surface area contributed by atoms with Crippen molar-refractivity contribution in [3.05, 3.63) is 88.7 Å². The molecule has 21 nitrogen and oxygen atoms in total. The van der Waals surface area contributed by atoms with Gasteiger partial charge in [0.2, 0.25) is 17.7 Å². The normalized spacial score (nSPS) is 19.3. The van der Waals surface area contributed by atoms with Crippen molar-refractivity contribution in [1.82, 2.24) is 36.9 Å². The molecule has 3 aromatic rings. The molecular weight excluding hydrogens is 1060 g/mol. The number of alkyl halides is 3. The zero-order valence-corrected chi connectivity index (χ0v) is 44.6. The number of amides is 7. The number of urea groups is 1. The SMILES string of the molecule is CCc1cnc(CCOc2ccc(CC3SC(=O)NC3=O)cc2)cc1OC(=O)C[C@@H](NC(=O)c1ccc(C2(C(F)(F)F)N=N2)cc1)C(=O)NCCCOCCOCCOCCCNC(=O)CCCC[C@@H]1SC[C@@H]2NC(=O)N[C@@H]21. The van der Waals surface area contributed by atoms with Gasteiger partial charge in [-0.3, -0.25) is 39.1 Å². The highest BCUT2D eigenvalue weighted by Crippen LogP contribution is 2.52. The lowest BCUT2D eigenvalue weighted by molar-refractivity contribution is -0.166. The van der Waals surface area contributed by atoms with Gasteiger partial charge in [0.1, 0.15) is 17.5 Å². The Labute approximate surface area is 457 Å². The van der Waals surface area contributed by atoms with Crippen LogP contribution < -0.4 is 41.4 Å². The lowest BCUT2D eigenvalue weighted by atomic mass is 10.0. The smallest absolute Gasteiger partial charge is 0.442 e. The molecule has 0 radical (unpaired) electrons. The van der Waals surface area contributed by atoms with E-state index in [0.29, 0.717) is 93.8 Å². The van der Waals surface area contributed by atoms with E-state index in [-0.39, 0.29) is 78.4 Å². The first-order chi connectivity index (χ1) is 37.6. The summed E-state index contributed by atoms with van der Waals surface area (Å²) < 4.78 is 69.3. The molecule has 1 unspecified atom stereocenters. The van der Waals surface area contributed by atoms with Crippen LogP contribution in [0.25, 0.3) is 0 Å². The summed E-state index contributed by atoms with van der Waals surface area (Å²) in [6.45, 7) is 4.67. The number of carbonyl (C=O) groups is 7. The van der Waals surface area contributed by atoms with E-state index in [1.165, 1.54) is 0 Å². The average molecular weight is 1130 g/mol. The quantitative estimate of drug-likeness (QED) is 0.0259. The van der Waals surface area contributed by atoms with E-state index >= 15 is 0 Å². The van der Waals surface area contributed by atoms with E-state index in [1.54, 1.807) is 24.4 Å². The van der Waals surface area contributed by atoms with Crippen LogP contribution in [0.3, 0.4) is 0 Å². The van der Waals surface area contributed by atoms with Crippen LogP contribution >= 0.6 is 23.5 Å². The number of unbranched alkanes of at least 4 members (excludes halogenated alkanes) is 1. The number of ether oxygens (including phenoxy) is 5. The van der Waals surface area contributed by atoms with Crippen molar-refractivity contribution in [3.63, 3.8) is 0 Å². The number of benzene rings is 2. The van der Waals surface area contributed by atoms with Crippen molar-refractivity contribution in [1.29, 1.82) is 0 Å². The number of carbonyl (C=O) groups excluding carboxylic acids is 7. The van der Waals surface area contributed by atoms with Crippen LogP contribution in [0, 0.1) is 0 Å². The van der Waals surface area contributed by atoms with Crippen molar-refractivity contribution in [3.8, 4) is 11.5 Å². The van der Waals surface area contributed by atoms with E-state index in [4.69, 9.17) is 23.7 Å². The zero-order valence-electron chi connectivity index (χ0n) is 43.0. The van der Waals surface area contributed by atoms with E-state index in [0.717, 1.165) is 66.6 Å². The molecule has 26 heteroatoms. The topological polar surface area (TPSA) is 275 Å². The van der Waals surface area contributed by atoms with Gasteiger partial charge in [0, 0.05) is 84.8 Å². The number of fused-ring (bicyclic) bond motifs is 1. The average Bonchev–Trinajstić information content (AvgIpc) is 4.13. The molecule has 6 N–H and O–H groups in total. The number of hydrogen-bond donors (Lipinski definition) is 6. The maximum Gasteiger partial charge on any atom is 0.442 e. The van der Waals surface area contributed by atoms with E-state index in [2.05, 4.69) is 47.1 Å². The highest BCUT2D eigenvalue weighted by Gasteiger charge is 2.65. The van der Waals surface area contributed by atoms with Gasteiger partial charge in [-0.15, -0.1) is 10.2 Å². The molecule has 0 saturated carbocycles. The second-order valence-corrected chi connectivity index (χ2v) is 21.1. The van der Waals surface area contributed by atoms with E-state index in [9.17, 15) is 46.7 Å². The van der Waals surface area contributed by atoms with Gasteiger partial charge in [0.15, 0.2) is 0 Å². The Balaban J connectivity index is 0.788. The summed E-state index contributed by atoms with van der Waals surface area (Å²) in [4.78, 5) is 92.2. The molecule has 3 fully saturated rings. The summed E-state index contributed by atoms with van der Waals surface area (Å²) >= 11 is 2.83. The third-order valence-corrected chi connectivity index (χ3v) is 15.4. The van der Waals surface area contributed by atoms with Crippen LogP contribution in [-0.2, 0) is 58.3 Å². The predicted octanol–water partition coefficient (Wildman–Crippen LogP) is 5.22. The maximum atomic E-state index is 13.6. The molecule has 7 rings (SSSR count). The summed E-state index contributed by atoms with van der Waals surface area (Å²) in [5.41, 5.74) is -1.06. The zero-order chi connectivity index (χ0) is 55.5. The van der Waals surface area contributed by atoms with Gasteiger partial charge in [-0.25, -0.2) is 4.79 Å². The fraction of sp³-hybridized carbons (Fsp3) is 0.538. The number of pyridine rings is 1. The van der Waals surface area contributed by atoms with Crippen LogP contribution in [0.5, 0.6) is 11.5 Å². The molecule has 1 aromatic heterocycles. The minimum atomic E-state index is -4.77. The summed E-state index contributed by atoms with van der Waals surface area (Å²) in [5.74, 6) is -1.03. The van der Waals surface area contributed by atoms with Crippen molar-refractivity contribution >= 4 is 64.4 Å². The number of hydrogen-bond acceptors (Lipinski definition) is 17. The van der Waals surface area contributed by atoms with Crippen molar-refractivity contribution in [2.45, 2.75) is 112 Å². The number of imide groups is 1. The molecule has 3 saturated heterocycles. The molecule has 5 atom stereocenters. The molecule has 422 valence electrons. The number of thioether (sulfide) groups is 2. The lowest BCUT2D eigenvalue weighted by Crippen LogP contribution is -2.48. The Morgan fingerprint density at radius 1 is 0.846 bits per heavy atom. The van der Waals surface area contributed by atoms with Gasteiger partial charge in [0.25, 0.3) is 11.1 Å². The van der Waals surface area contributed by atoms with E-state index in [1.807, 2.05) is 30.8 Å². The van der Waals surface area contributed by atoms with Gasteiger partial charge in [-0.05, 0) is 68.4 Å². The minimum absolute atomic E-state index is 0.0109. The highest BCUT2D eigenvalue weighted by molar-refractivity contribution is 8.15. The molecule has 78 heavy (non-hydrogen) atoms. The van der Waals surface area contributed by atoms with Crippen LogP contribution in [-0.4, -0.2) is 146 Å². The molecule has 4 aliphatic heterocycles. The summed E-state index contributed by atoms with van der Waals surface area (Å²) in [5, 5.41) is 22.2. The van der Waals surface area contributed by atoms with Crippen LogP contribution in [0.1, 0.15) is 84.6 Å². The molecule has 0 aliphatic carbocycles. The molecule has 0 spiro atoms. The number of rotatable bonds is 33. The fourth-order valence-electron chi connectivity index (χ4n) is 8.63. The first-order valence-electron chi connectivity index (χ1n) is 25.9. The monoisotopic (exact) mass is 1130 g/mol. The number of nitrogens with one attached hydrogen (secondary N) is 6. The van der Waals surface area contributed by atoms with Crippen LogP contribution in [0.4, 0.5) is 22.8 Å². The summed E-state index contributed by atoms with van der Waals surface area (Å²) in [7, 11) is 0. The van der Waals surface area contributed by atoms with Crippen molar-refractivity contribution < 1.29 is 70.4 Å². The minimum Gasteiger partial charge on any atom is -0.493 e. The molecule has 0 bridgehead atoms. The summed E-state index contributed by atoms with van der Waals surface area (Å²) in [6, 6.07) is 12.0. The lowest BCUT2D eigenvalue weighted by Gasteiger charge is -2.19. The van der Waals surface area contributed by atoms with Gasteiger partial charge >= 0.3 is 23.8 Å². The summed E-state index contributed by atoms with van der Waals surface area (Å²) in [6.07, 6.45) is 1.52. The number of aromatic nitrogens is 1. The highest BCUT2D eigenvalue weighted by atomic mass is 32.2. The van der Waals surface area contributed by atoms with Gasteiger partial charge in [-0.2, -0.15) is 24.9 Å². The van der Waals surface area contributed by atoms with Crippen LogP contribution in [0.2, 0.25) is 0 Å². The van der Waals surface area contributed by atoms with Crippen molar-refractivity contribution in [2.75, 3.05) is 65.1 Å². The number of aryl methyl sites for hydroxylation is 1. The Morgan fingerprint density at radius 2 is 1.54 bits per heavy atom. The Morgan fingerprint density at radius 3 is 2.19 bits per heavy atom. The molecule has 2 aromatic carbocycles. The van der Waals surface area contributed by atoms with E-state index < -0.39 is 47.3 Å². The van der Waals surface area contributed by atoms with Gasteiger partial charge in [0.05, 0.1) is 56.8 Å². The first kappa shape index (κ1) is 59.3. The number of esters is 1. The van der Waals surface area contributed by atoms with Crippen LogP contribution in [0.15, 0.2) is 71.0 Å². The Bertz CT molecular complexity index is 2590. The standard InChI is InChI=1S/C52H64F3N9O12S2/c1-2-33-30-58-36(17-22-75-37-15-9-32(10-16-37)27-42-48(69)62-50(71)78-42)28-40(33)76-44(66)29-38(59-46(67)34-11-13-35(14-12-34)51(63-64-51)52(53,54)55)47(68)57-19-6-21-73-24-26-74-25-23-72-20-5-18-56-43(65)8-4-3-7-41-45-39(31-77-41)60-49(70)61-45/h9-16,28,30,38-39,41-42,45H,2-8,17-27,29,31H2,1H3,(H,56,65)(H,57,68)(H,59,67)(H2,60,61,70)(H,62,69,71)/t38-,39+,41+,42?,45+/m1/s1. The second-order valence-electron chi connectivity index (χ2n) is 18.7. The molecule has 7 amide bonds. The number of halogens is 3. The van der Waals surface area contributed by atoms with Gasteiger partial charge in [-0.1, -0.05) is 49.4 Å². The third-order valence-electron chi connectivity index (χ3n) is 13.0. The third kappa shape index (κ3) is 17.6. The Hall–Kier alpha value is -6.35. The second kappa shape index (κ2) is 29.0. The largest absolute Gasteiger partial charge is 0.493 e. The van der Waals surface area contributed by atoms with Gasteiger partial charge < -0.3 is 50.3 Å². The predicted molar refractivity (Wildman–Crippen MR) is 280 cm³/mol. The van der Waals surface area contributed by atoms with Crippen molar-refractivity contribution in [2.24, 2.45) is 10.2 Å². The first-order valence-corrected chi connectivity index (χ1v) is 27.8. The maximum absolute atomic E-state index is 13.6. The Kier molecular flexibility index (Phi) is 22.1.